The van der Waals surface area contributed by atoms with Gasteiger partial charge in [0, 0.05) is 0 Å². The molecule has 0 aromatic rings. The Bertz CT molecular complexity index is 402. The van der Waals surface area contributed by atoms with Crippen molar-refractivity contribution < 1.29 is 14.3 Å². The van der Waals surface area contributed by atoms with Crippen LogP contribution in [0.1, 0.15) is 41.5 Å². The summed E-state index contributed by atoms with van der Waals surface area (Å²) in [5, 5.41) is 0. The summed E-state index contributed by atoms with van der Waals surface area (Å²) < 4.78 is 11.7. The predicted molar refractivity (Wildman–Crippen MR) is 54.6 cm³/mol. The van der Waals surface area contributed by atoms with Crippen LogP contribution < -0.4 is 0 Å². The molecule has 0 N–H and O–H groups in total. The fourth-order valence-corrected chi connectivity index (χ4v) is 3.67. The van der Waals surface area contributed by atoms with Crippen molar-refractivity contribution in [3.63, 3.8) is 0 Å². The summed E-state index contributed by atoms with van der Waals surface area (Å²) in [5.74, 6) is 0.176. The summed E-state index contributed by atoms with van der Waals surface area (Å²) in [7, 11) is 0. The highest BCUT2D eigenvalue weighted by atomic mass is 16.7. The smallest absolute Gasteiger partial charge is 0.176 e. The number of ether oxygens (including phenoxy) is 2. The summed E-state index contributed by atoms with van der Waals surface area (Å²) in [6.07, 6.45) is 0. The summed E-state index contributed by atoms with van der Waals surface area (Å²) in [6, 6.07) is 0. The van der Waals surface area contributed by atoms with Crippen molar-refractivity contribution in [1.82, 2.24) is 0 Å². The Balaban J connectivity index is 2.21. The molecule has 84 valence electrons. The first-order valence-corrected chi connectivity index (χ1v) is 5.52. The Kier molecular flexibility index (Phi) is 1.18. The zero-order valence-electron chi connectivity index (χ0n) is 10.2. The number of hydrogen-bond donors (Lipinski definition) is 0. The normalized spacial score (nSPS) is 64.5. The zero-order chi connectivity index (χ0) is 11.5. The molecule has 1 saturated carbocycles. The molecule has 0 amide bonds. The highest BCUT2D eigenvalue weighted by Gasteiger charge is 2.95. The van der Waals surface area contributed by atoms with Crippen LogP contribution in [0.5, 0.6) is 0 Å². The lowest BCUT2D eigenvalue weighted by Crippen LogP contribution is -2.58. The third-order valence-corrected chi connectivity index (χ3v) is 5.66. The fraction of sp³-hybridized carbons (Fsp3) is 0.917. The summed E-state index contributed by atoms with van der Waals surface area (Å²) in [4.78, 5) is 12.4. The molecule has 3 rings (SSSR count). The van der Waals surface area contributed by atoms with E-state index in [1.165, 1.54) is 0 Å². The Morgan fingerprint density at radius 1 is 0.800 bits per heavy atom. The molecule has 3 nitrogen and oxygen atoms in total. The van der Waals surface area contributed by atoms with Gasteiger partial charge in [0.2, 0.25) is 0 Å². The van der Waals surface area contributed by atoms with Gasteiger partial charge < -0.3 is 9.47 Å². The maximum absolute atomic E-state index is 12.4. The number of ketones is 1. The third-order valence-electron chi connectivity index (χ3n) is 5.66. The number of rotatable bonds is 0. The minimum Gasteiger partial charge on any atom is -0.359 e. The quantitative estimate of drug-likeness (QED) is 0.571. The first kappa shape index (κ1) is 9.79. The molecule has 1 aliphatic carbocycles. The van der Waals surface area contributed by atoms with Gasteiger partial charge in [0.1, 0.15) is 16.8 Å². The van der Waals surface area contributed by atoms with Crippen molar-refractivity contribution >= 4 is 5.78 Å². The topological polar surface area (TPSA) is 42.1 Å². The fourth-order valence-electron chi connectivity index (χ4n) is 3.67. The Morgan fingerprint density at radius 3 is 1.87 bits per heavy atom. The third kappa shape index (κ3) is 0.591. The van der Waals surface area contributed by atoms with Crippen molar-refractivity contribution in [1.29, 1.82) is 0 Å². The second-order valence-corrected chi connectivity index (χ2v) is 6.29. The van der Waals surface area contributed by atoms with E-state index in [4.69, 9.17) is 9.47 Å². The molecular weight excluding hydrogens is 192 g/mol. The molecule has 2 heterocycles. The molecule has 0 radical (unpaired) electrons. The largest absolute Gasteiger partial charge is 0.359 e. The molecule has 0 unspecified atom stereocenters. The van der Waals surface area contributed by atoms with Crippen molar-refractivity contribution in [2.24, 2.45) is 5.41 Å². The van der Waals surface area contributed by atoms with Crippen LogP contribution >= 0.6 is 0 Å². The molecule has 15 heavy (non-hydrogen) atoms. The molecule has 3 heteroatoms. The molecule has 2 saturated heterocycles. The monoisotopic (exact) mass is 210 g/mol. The Labute approximate surface area is 90.1 Å². The van der Waals surface area contributed by atoms with Gasteiger partial charge in [-0.2, -0.15) is 0 Å². The van der Waals surface area contributed by atoms with E-state index in [9.17, 15) is 4.79 Å². The van der Waals surface area contributed by atoms with Crippen LogP contribution in [0.2, 0.25) is 0 Å². The van der Waals surface area contributed by atoms with Gasteiger partial charge in [-0.3, -0.25) is 4.79 Å². The number of carbonyl (C=O) groups is 1. The van der Waals surface area contributed by atoms with Crippen molar-refractivity contribution in [3.05, 3.63) is 0 Å². The van der Waals surface area contributed by atoms with E-state index in [1.54, 1.807) is 0 Å². The van der Waals surface area contributed by atoms with Gasteiger partial charge in [-0.1, -0.05) is 0 Å². The summed E-state index contributed by atoms with van der Waals surface area (Å²) in [5.41, 5.74) is -2.22. The lowest BCUT2D eigenvalue weighted by Gasteiger charge is -2.37. The molecule has 3 fully saturated rings. The first-order chi connectivity index (χ1) is 6.57. The van der Waals surface area contributed by atoms with E-state index in [-0.39, 0.29) is 17.0 Å². The van der Waals surface area contributed by atoms with E-state index in [0.29, 0.717) is 0 Å². The number of fused-ring (bicyclic) bond motifs is 3. The maximum atomic E-state index is 12.4. The van der Waals surface area contributed by atoms with E-state index >= 15 is 0 Å². The highest BCUT2D eigenvalue weighted by molar-refractivity contribution is 6.00. The van der Waals surface area contributed by atoms with Gasteiger partial charge in [0.05, 0.1) is 5.41 Å². The van der Waals surface area contributed by atoms with Crippen LogP contribution in [0.4, 0.5) is 0 Å². The van der Waals surface area contributed by atoms with Crippen LogP contribution in [0.15, 0.2) is 0 Å². The van der Waals surface area contributed by atoms with Crippen molar-refractivity contribution in [3.8, 4) is 0 Å². The predicted octanol–water partition coefficient (Wildman–Crippen LogP) is 1.69. The lowest BCUT2D eigenvalue weighted by atomic mass is 9.57. The minimum atomic E-state index is -0.638. The number of Topliss-reactive ketones (excluding diaryl/α,β-unsaturated/α-hetero) is 1. The van der Waals surface area contributed by atoms with E-state index in [1.807, 2.05) is 34.6 Å². The van der Waals surface area contributed by atoms with Gasteiger partial charge in [0.15, 0.2) is 11.4 Å². The first-order valence-electron chi connectivity index (χ1n) is 5.52. The van der Waals surface area contributed by atoms with Crippen LogP contribution in [0.3, 0.4) is 0 Å². The van der Waals surface area contributed by atoms with Gasteiger partial charge in [0.25, 0.3) is 0 Å². The molecule has 3 aliphatic rings. The zero-order valence-corrected chi connectivity index (χ0v) is 10.2. The molecule has 0 aromatic carbocycles. The van der Waals surface area contributed by atoms with Gasteiger partial charge in [-0.25, -0.2) is 0 Å². The summed E-state index contributed by atoms with van der Waals surface area (Å²) >= 11 is 0. The lowest BCUT2D eigenvalue weighted by molar-refractivity contribution is -0.135. The number of carbonyl (C=O) groups excluding carboxylic acids is 1. The second kappa shape index (κ2) is 1.80. The van der Waals surface area contributed by atoms with E-state index in [2.05, 4.69) is 6.92 Å². The maximum Gasteiger partial charge on any atom is 0.176 e. The average molecular weight is 210 g/mol. The number of epoxide rings is 2. The van der Waals surface area contributed by atoms with E-state index < -0.39 is 16.6 Å². The SMILES string of the molecule is CC1(C)C(=O)[C@@]2(C)O[C@@]2(C)[C@]2(C)O[C@]12C. The van der Waals surface area contributed by atoms with Gasteiger partial charge in [-0.15, -0.1) is 0 Å². The van der Waals surface area contributed by atoms with Crippen molar-refractivity contribution in [2.45, 2.75) is 63.9 Å². The van der Waals surface area contributed by atoms with Crippen molar-refractivity contribution in [2.75, 3.05) is 0 Å². The molecule has 0 spiro atoms. The van der Waals surface area contributed by atoms with Crippen LogP contribution in [0, 0.1) is 5.41 Å². The molecule has 4 atom stereocenters. The number of hydrogen-bond acceptors (Lipinski definition) is 3. The van der Waals surface area contributed by atoms with E-state index in [0.717, 1.165) is 0 Å². The molecule has 0 bridgehead atoms. The Morgan fingerprint density at radius 2 is 1.33 bits per heavy atom. The standard InChI is InChI=1S/C12H18O3/c1-8(2)7(13)9(3)11(5,14-9)12(6)10(8,4)15-12/h1-6H3/t9-,10-,11-,12-/m1/s1. The summed E-state index contributed by atoms with van der Waals surface area (Å²) in [6.45, 7) is 11.9. The average Bonchev–Trinajstić information content (AvgIpc) is 2.89. The second-order valence-electron chi connectivity index (χ2n) is 6.29. The van der Waals surface area contributed by atoms with Gasteiger partial charge >= 0.3 is 0 Å². The molecule has 0 aromatic heterocycles. The van der Waals surface area contributed by atoms with Crippen LogP contribution in [-0.2, 0) is 14.3 Å². The van der Waals surface area contributed by atoms with Crippen LogP contribution in [-0.4, -0.2) is 28.2 Å². The van der Waals surface area contributed by atoms with Gasteiger partial charge in [-0.05, 0) is 41.5 Å². The Hall–Kier alpha value is -0.410. The molecular formula is C12H18O3. The minimum absolute atomic E-state index is 0.176. The highest BCUT2D eigenvalue weighted by Crippen LogP contribution is 2.77. The van der Waals surface area contributed by atoms with Crippen LogP contribution in [0.25, 0.3) is 0 Å². The molecule has 2 aliphatic heterocycles.